The summed E-state index contributed by atoms with van der Waals surface area (Å²) in [6.07, 6.45) is 1.25. The van der Waals surface area contributed by atoms with Crippen LogP contribution in [0, 0.1) is 5.92 Å². The van der Waals surface area contributed by atoms with Crippen molar-refractivity contribution in [1.82, 2.24) is 14.5 Å². The topological polar surface area (TPSA) is 92.3 Å². The minimum absolute atomic E-state index is 0.140. The van der Waals surface area contributed by atoms with E-state index in [0.717, 1.165) is 5.56 Å². The number of halogens is 1. The van der Waals surface area contributed by atoms with Gasteiger partial charge in [0, 0.05) is 23.7 Å². The van der Waals surface area contributed by atoms with Gasteiger partial charge >= 0.3 is 0 Å². The van der Waals surface area contributed by atoms with Crippen molar-refractivity contribution in [1.29, 1.82) is 0 Å². The van der Waals surface area contributed by atoms with Crippen LogP contribution >= 0.6 is 22.9 Å². The number of carbonyl (C=O) groups excluding carboxylic acids is 1. The van der Waals surface area contributed by atoms with Gasteiger partial charge in [0.2, 0.25) is 21.1 Å². The Labute approximate surface area is 190 Å². The number of amides is 1. The Hall–Kier alpha value is -2.33. The molecule has 10 heteroatoms. The maximum Gasteiger partial charge on any atom is 0.230 e. The number of sulfonamides is 1. The Balaban J connectivity index is 1.40. The summed E-state index contributed by atoms with van der Waals surface area (Å²) < 4.78 is 27.2. The van der Waals surface area contributed by atoms with Gasteiger partial charge in [0.1, 0.15) is 5.01 Å². The molecule has 1 aromatic heterocycles. The van der Waals surface area contributed by atoms with Crippen molar-refractivity contribution in [3.8, 4) is 10.6 Å². The number of nitrogens with zero attached hydrogens (tertiary/aromatic N) is 3. The Kier molecular flexibility index (Phi) is 6.66. The van der Waals surface area contributed by atoms with Crippen molar-refractivity contribution in [3.63, 3.8) is 0 Å². The first-order valence-electron chi connectivity index (χ1n) is 9.83. The predicted molar refractivity (Wildman–Crippen MR) is 122 cm³/mol. The van der Waals surface area contributed by atoms with Gasteiger partial charge in [-0.3, -0.25) is 4.79 Å². The average molecular weight is 477 g/mol. The lowest BCUT2D eigenvalue weighted by Crippen LogP contribution is -2.44. The number of rotatable bonds is 6. The molecule has 1 aliphatic rings. The number of nitrogens with one attached hydrogen (secondary N) is 1. The zero-order valence-electron chi connectivity index (χ0n) is 16.6. The average Bonchev–Trinajstić information content (AvgIpc) is 3.23. The van der Waals surface area contributed by atoms with Crippen LogP contribution in [0.3, 0.4) is 0 Å². The number of benzene rings is 2. The molecule has 0 saturated carbocycles. The fraction of sp³-hybridized carbons (Fsp3) is 0.286. The van der Waals surface area contributed by atoms with Crippen molar-refractivity contribution in [2.24, 2.45) is 5.92 Å². The summed E-state index contributed by atoms with van der Waals surface area (Å²) in [6, 6.07) is 16.4. The van der Waals surface area contributed by atoms with Gasteiger partial charge < -0.3 is 5.32 Å². The SMILES string of the molecule is O=C(Nc1nnc(-c2ccccc2)s1)C1CCCN(S(=O)(=O)Cc2cccc(Cl)c2)C1. The lowest BCUT2D eigenvalue weighted by atomic mass is 9.99. The number of aromatic nitrogens is 2. The van der Waals surface area contributed by atoms with E-state index < -0.39 is 15.9 Å². The molecule has 0 spiro atoms. The Morgan fingerprint density at radius 2 is 1.97 bits per heavy atom. The highest BCUT2D eigenvalue weighted by atomic mass is 35.5. The van der Waals surface area contributed by atoms with Crippen molar-refractivity contribution >= 4 is 44.0 Å². The van der Waals surface area contributed by atoms with Crippen LogP contribution in [-0.2, 0) is 20.6 Å². The summed E-state index contributed by atoms with van der Waals surface area (Å²) in [5, 5.41) is 12.6. The largest absolute Gasteiger partial charge is 0.300 e. The molecule has 3 aromatic rings. The molecule has 0 aliphatic carbocycles. The second-order valence-electron chi connectivity index (χ2n) is 7.35. The van der Waals surface area contributed by atoms with Gasteiger partial charge in [-0.1, -0.05) is 65.4 Å². The predicted octanol–water partition coefficient (Wildman–Crippen LogP) is 4.04. The molecule has 31 heavy (non-hydrogen) atoms. The Morgan fingerprint density at radius 1 is 1.16 bits per heavy atom. The molecule has 1 atom stereocenters. The molecule has 1 saturated heterocycles. The van der Waals surface area contributed by atoms with Crippen LogP contribution in [0.5, 0.6) is 0 Å². The van der Waals surface area contributed by atoms with Crippen molar-refractivity contribution in [2.75, 3.05) is 18.4 Å². The molecule has 1 N–H and O–H groups in total. The molecule has 162 valence electrons. The fourth-order valence-corrected chi connectivity index (χ4v) is 6.08. The van der Waals surface area contributed by atoms with Gasteiger partial charge in [-0.25, -0.2) is 12.7 Å². The van der Waals surface area contributed by atoms with E-state index in [1.165, 1.54) is 15.6 Å². The standard InChI is InChI=1S/C21H21ClN4O3S2/c22-18-10-4-6-15(12-18)14-31(28,29)26-11-5-9-17(13-26)19(27)23-21-25-24-20(30-21)16-7-2-1-3-8-16/h1-4,6-8,10,12,17H,5,9,11,13-14H2,(H,23,25,27). The molecule has 1 unspecified atom stereocenters. The van der Waals surface area contributed by atoms with Crippen LogP contribution in [0.25, 0.3) is 10.6 Å². The van der Waals surface area contributed by atoms with Gasteiger partial charge in [-0.2, -0.15) is 0 Å². The summed E-state index contributed by atoms with van der Waals surface area (Å²) >= 11 is 7.26. The first kappa shape index (κ1) is 21.9. The Morgan fingerprint density at radius 3 is 2.74 bits per heavy atom. The van der Waals surface area contributed by atoms with E-state index in [4.69, 9.17) is 11.6 Å². The molecule has 0 bridgehead atoms. The van der Waals surface area contributed by atoms with Gasteiger partial charge in [0.15, 0.2) is 0 Å². The van der Waals surface area contributed by atoms with E-state index >= 15 is 0 Å². The zero-order chi connectivity index (χ0) is 21.8. The van der Waals surface area contributed by atoms with E-state index in [2.05, 4.69) is 15.5 Å². The van der Waals surface area contributed by atoms with Crippen LogP contribution in [0.2, 0.25) is 5.02 Å². The van der Waals surface area contributed by atoms with E-state index in [0.29, 0.717) is 40.1 Å². The summed E-state index contributed by atoms with van der Waals surface area (Å²) in [6.45, 7) is 0.558. The molecule has 1 aliphatic heterocycles. The van der Waals surface area contributed by atoms with E-state index in [1.807, 2.05) is 30.3 Å². The van der Waals surface area contributed by atoms with E-state index in [9.17, 15) is 13.2 Å². The monoisotopic (exact) mass is 476 g/mol. The molecular formula is C21H21ClN4O3S2. The molecule has 2 heterocycles. The lowest BCUT2D eigenvalue weighted by Gasteiger charge is -2.31. The molecule has 4 rings (SSSR count). The first-order chi connectivity index (χ1) is 14.9. The lowest BCUT2D eigenvalue weighted by molar-refractivity contribution is -0.120. The Bertz CT molecular complexity index is 1170. The second-order valence-corrected chi connectivity index (χ2v) is 10.7. The van der Waals surface area contributed by atoms with Gasteiger partial charge in [-0.05, 0) is 30.5 Å². The summed E-state index contributed by atoms with van der Waals surface area (Å²) in [7, 11) is -3.56. The third-order valence-corrected chi connectivity index (χ3v) is 8.00. The molecule has 1 fully saturated rings. The van der Waals surface area contributed by atoms with E-state index in [1.54, 1.807) is 24.3 Å². The number of hydrogen-bond acceptors (Lipinski definition) is 6. The van der Waals surface area contributed by atoms with Crippen LogP contribution in [0.15, 0.2) is 54.6 Å². The smallest absolute Gasteiger partial charge is 0.230 e. The number of anilines is 1. The quantitative estimate of drug-likeness (QED) is 0.579. The van der Waals surface area contributed by atoms with Crippen molar-refractivity contribution in [3.05, 3.63) is 65.2 Å². The van der Waals surface area contributed by atoms with Crippen LogP contribution in [0.1, 0.15) is 18.4 Å². The minimum Gasteiger partial charge on any atom is -0.300 e. The normalized spacial score (nSPS) is 17.4. The highest BCUT2D eigenvalue weighted by molar-refractivity contribution is 7.88. The first-order valence-corrected chi connectivity index (χ1v) is 12.6. The number of carbonyl (C=O) groups is 1. The molecule has 1 amide bonds. The molecule has 0 radical (unpaired) electrons. The summed E-state index contributed by atoms with van der Waals surface area (Å²) in [5.41, 5.74) is 1.55. The van der Waals surface area contributed by atoms with Crippen molar-refractivity contribution in [2.45, 2.75) is 18.6 Å². The third-order valence-electron chi connectivity index (χ3n) is 5.06. The van der Waals surface area contributed by atoms with Gasteiger partial charge in [0.25, 0.3) is 0 Å². The second kappa shape index (κ2) is 9.44. The highest BCUT2D eigenvalue weighted by Gasteiger charge is 2.32. The summed E-state index contributed by atoms with van der Waals surface area (Å²) in [4.78, 5) is 12.8. The third kappa shape index (κ3) is 5.48. The van der Waals surface area contributed by atoms with Crippen LogP contribution in [-0.4, -0.2) is 41.9 Å². The molecule has 2 aromatic carbocycles. The van der Waals surface area contributed by atoms with E-state index in [-0.39, 0.29) is 18.2 Å². The van der Waals surface area contributed by atoms with Crippen molar-refractivity contribution < 1.29 is 13.2 Å². The van der Waals surface area contributed by atoms with Gasteiger partial charge in [-0.15, -0.1) is 10.2 Å². The highest BCUT2D eigenvalue weighted by Crippen LogP contribution is 2.28. The maximum absolute atomic E-state index is 12.9. The molecule has 7 nitrogen and oxygen atoms in total. The molecular weight excluding hydrogens is 456 g/mol. The van der Waals surface area contributed by atoms with Crippen LogP contribution < -0.4 is 5.32 Å². The van der Waals surface area contributed by atoms with Crippen LogP contribution in [0.4, 0.5) is 5.13 Å². The minimum atomic E-state index is -3.56. The maximum atomic E-state index is 12.9. The fourth-order valence-electron chi connectivity index (χ4n) is 3.52. The number of hydrogen-bond donors (Lipinski definition) is 1. The zero-order valence-corrected chi connectivity index (χ0v) is 19.0. The summed E-state index contributed by atoms with van der Waals surface area (Å²) in [5.74, 6) is -0.816. The number of piperidine rings is 1. The van der Waals surface area contributed by atoms with Gasteiger partial charge in [0.05, 0.1) is 11.7 Å².